The fourth-order valence-corrected chi connectivity index (χ4v) is 2.45. The van der Waals surface area contributed by atoms with Gasteiger partial charge in [0.15, 0.2) is 5.78 Å². The van der Waals surface area contributed by atoms with Crippen molar-refractivity contribution in [3.05, 3.63) is 62.9 Å². The number of ether oxygens (including phenoxy) is 1. The molecule has 2 aromatic carbocycles. The van der Waals surface area contributed by atoms with E-state index in [0.29, 0.717) is 15.6 Å². The van der Waals surface area contributed by atoms with E-state index in [9.17, 15) is 9.18 Å². The van der Waals surface area contributed by atoms with Crippen LogP contribution in [0.5, 0.6) is 5.75 Å². The zero-order valence-electron chi connectivity index (χ0n) is 11.5. The third kappa shape index (κ3) is 2.75. The molecule has 4 heteroatoms. The third-order valence-electron chi connectivity index (χ3n) is 3.11. The lowest BCUT2D eigenvalue weighted by Crippen LogP contribution is -2.04. The number of halogens is 2. The van der Waals surface area contributed by atoms with Gasteiger partial charge in [0.25, 0.3) is 0 Å². The molecule has 0 radical (unpaired) electrons. The number of hydrogen-bond acceptors (Lipinski definition) is 2. The Bertz CT molecular complexity index is 657. The first-order valence-corrected chi connectivity index (χ1v) is 6.88. The molecule has 0 atom stereocenters. The predicted octanol–water partition coefficient (Wildman–Crippen LogP) is 4.44. The Kier molecular flexibility index (Phi) is 4.23. The van der Waals surface area contributed by atoms with E-state index < -0.39 is 5.82 Å². The fraction of sp³-hybridized carbons (Fsp3) is 0.188. The van der Waals surface area contributed by atoms with Crippen molar-refractivity contribution in [2.24, 2.45) is 0 Å². The van der Waals surface area contributed by atoms with Crippen LogP contribution in [0.25, 0.3) is 0 Å². The number of rotatable bonds is 3. The van der Waals surface area contributed by atoms with Crippen molar-refractivity contribution >= 4 is 21.7 Å². The molecule has 0 aliphatic carbocycles. The zero-order chi connectivity index (χ0) is 14.9. The zero-order valence-corrected chi connectivity index (χ0v) is 13.0. The number of carbonyl (C=O) groups excluding carboxylic acids is 1. The molecule has 20 heavy (non-hydrogen) atoms. The van der Waals surface area contributed by atoms with Crippen LogP contribution < -0.4 is 4.74 Å². The van der Waals surface area contributed by atoms with Crippen LogP contribution in [-0.4, -0.2) is 12.9 Å². The van der Waals surface area contributed by atoms with Gasteiger partial charge in [-0.1, -0.05) is 0 Å². The Balaban J connectivity index is 2.45. The SMILES string of the molecule is COc1c(C)cc(C(=O)c2ccc(Br)c(F)c2)cc1C. The predicted molar refractivity (Wildman–Crippen MR) is 80.0 cm³/mol. The third-order valence-corrected chi connectivity index (χ3v) is 3.75. The molecule has 0 fully saturated rings. The van der Waals surface area contributed by atoms with Gasteiger partial charge in [0.05, 0.1) is 11.6 Å². The molecule has 0 bridgehead atoms. The molecule has 0 saturated carbocycles. The lowest BCUT2D eigenvalue weighted by molar-refractivity contribution is 0.103. The largest absolute Gasteiger partial charge is 0.496 e. The standard InChI is InChI=1S/C16H14BrFO2/c1-9-6-12(7-10(2)16(9)20-3)15(19)11-4-5-13(17)14(18)8-11/h4-8H,1-3H3. The van der Waals surface area contributed by atoms with E-state index in [1.54, 1.807) is 25.3 Å². The number of methoxy groups -OCH3 is 1. The Morgan fingerprint density at radius 1 is 1.10 bits per heavy atom. The van der Waals surface area contributed by atoms with Crippen LogP contribution in [0.3, 0.4) is 0 Å². The summed E-state index contributed by atoms with van der Waals surface area (Å²) in [6, 6.07) is 7.89. The van der Waals surface area contributed by atoms with E-state index in [-0.39, 0.29) is 5.78 Å². The van der Waals surface area contributed by atoms with E-state index in [1.807, 2.05) is 13.8 Å². The Hall–Kier alpha value is -1.68. The minimum absolute atomic E-state index is 0.203. The summed E-state index contributed by atoms with van der Waals surface area (Å²) in [4.78, 5) is 12.4. The first kappa shape index (κ1) is 14.7. The van der Waals surface area contributed by atoms with Crippen molar-refractivity contribution < 1.29 is 13.9 Å². The maximum atomic E-state index is 13.5. The van der Waals surface area contributed by atoms with Crippen molar-refractivity contribution in [1.29, 1.82) is 0 Å². The maximum absolute atomic E-state index is 13.5. The Morgan fingerprint density at radius 3 is 2.20 bits per heavy atom. The molecule has 0 heterocycles. The molecule has 104 valence electrons. The normalized spacial score (nSPS) is 10.4. The number of benzene rings is 2. The minimum atomic E-state index is -0.446. The van der Waals surface area contributed by atoms with Crippen LogP contribution in [0.4, 0.5) is 4.39 Å². The Labute approximate surface area is 125 Å². The summed E-state index contributed by atoms with van der Waals surface area (Å²) < 4.78 is 19.1. The number of ketones is 1. The highest BCUT2D eigenvalue weighted by Gasteiger charge is 2.14. The van der Waals surface area contributed by atoms with Crippen LogP contribution in [-0.2, 0) is 0 Å². The maximum Gasteiger partial charge on any atom is 0.193 e. The van der Waals surface area contributed by atoms with Crippen molar-refractivity contribution in [1.82, 2.24) is 0 Å². The van der Waals surface area contributed by atoms with E-state index in [2.05, 4.69) is 15.9 Å². The van der Waals surface area contributed by atoms with Gasteiger partial charge in [-0.05, 0) is 71.2 Å². The highest BCUT2D eigenvalue weighted by molar-refractivity contribution is 9.10. The van der Waals surface area contributed by atoms with Gasteiger partial charge < -0.3 is 4.74 Å². The summed E-state index contributed by atoms with van der Waals surface area (Å²) in [5.74, 6) is 0.117. The summed E-state index contributed by atoms with van der Waals surface area (Å²) in [5.41, 5.74) is 2.62. The Morgan fingerprint density at radius 2 is 1.70 bits per heavy atom. The second kappa shape index (κ2) is 5.75. The smallest absolute Gasteiger partial charge is 0.193 e. The van der Waals surface area contributed by atoms with Gasteiger partial charge in [-0.15, -0.1) is 0 Å². The molecule has 0 spiro atoms. The van der Waals surface area contributed by atoms with Gasteiger partial charge in [0, 0.05) is 11.1 Å². The highest BCUT2D eigenvalue weighted by atomic mass is 79.9. The van der Waals surface area contributed by atoms with Crippen LogP contribution >= 0.6 is 15.9 Å². The van der Waals surface area contributed by atoms with E-state index in [1.165, 1.54) is 12.1 Å². The first-order chi connectivity index (χ1) is 9.43. The van der Waals surface area contributed by atoms with Crippen molar-refractivity contribution in [2.45, 2.75) is 13.8 Å². The second-order valence-electron chi connectivity index (χ2n) is 4.60. The summed E-state index contributed by atoms with van der Waals surface area (Å²) in [5, 5.41) is 0. The molecule has 0 aliphatic rings. The molecule has 0 saturated heterocycles. The number of hydrogen-bond donors (Lipinski definition) is 0. The molecule has 2 aromatic rings. The van der Waals surface area contributed by atoms with Crippen molar-refractivity contribution in [2.75, 3.05) is 7.11 Å². The number of aryl methyl sites for hydroxylation is 2. The topological polar surface area (TPSA) is 26.3 Å². The van der Waals surface area contributed by atoms with E-state index in [4.69, 9.17) is 4.74 Å². The quantitative estimate of drug-likeness (QED) is 0.774. The minimum Gasteiger partial charge on any atom is -0.496 e. The molecule has 0 aromatic heterocycles. The monoisotopic (exact) mass is 336 g/mol. The summed E-state index contributed by atoms with van der Waals surface area (Å²) in [6.07, 6.45) is 0. The van der Waals surface area contributed by atoms with Crippen molar-refractivity contribution in [3.63, 3.8) is 0 Å². The van der Waals surface area contributed by atoms with Crippen LogP contribution in [0.15, 0.2) is 34.8 Å². The van der Waals surface area contributed by atoms with Gasteiger partial charge in [-0.25, -0.2) is 4.39 Å². The average Bonchev–Trinajstić information content (AvgIpc) is 2.40. The highest BCUT2D eigenvalue weighted by Crippen LogP contribution is 2.26. The van der Waals surface area contributed by atoms with Gasteiger partial charge in [-0.2, -0.15) is 0 Å². The summed E-state index contributed by atoms with van der Waals surface area (Å²) >= 11 is 3.07. The number of carbonyl (C=O) groups is 1. The molecule has 2 nitrogen and oxygen atoms in total. The molecule has 0 amide bonds. The molecule has 0 N–H and O–H groups in total. The summed E-state index contributed by atoms with van der Waals surface area (Å²) in [6.45, 7) is 3.76. The van der Waals surface area contributed by atoms with Crippen molar-refractivity contribution in [3.8, 4) is 5.75 Å². The van der Waals surface area contributed by atoms with Crippen LogP contribution in [0, 0.1) is 19.7 Å². The van der Waals surface area contributed by atoms with E-state index in [0.717, 1.165) is 16.9 Å². The van der Waals surface area contributed by atoms with Gasteiger partial charge in [-0.3, -0.25) is 4.79 Å². The van der Waals surface area contributed by atoms with Gasteiger partial charge in [0.1, 0.15) is 11.6 Å². The lowest BCUT2D eigenvalue weighted by atomic mass is 9.98. The average molecular weight is 337 g/mol. The molecular weight excluding hydrogens is 323 g/mol. The van der Waals surface area contributed by atoms with Crippen LogP contribution in [0.2, 0.25) is 0 Å². The second-order valence-corrected chi connectivity index (χ2v) is 5.46. The molecule has 0 unspecified atom stereocenters. The van der Waals surface area contributed by atoms with E-state index >= 15 is 0 Å². The fourth-order valence-electron chi connectivity index (χ4n) is 2.21. The molecular formula is C16H14BrFO2. The molecule has 2 rings (SSSR count). The van der Waals surface area contributed by atoms with Crippen LogP contribution in [0.1, 0.15) is 27.0 Å². The first-order valence-electron chi connectivity index (χ1n) is 6.09. The lowest BCUT2D eigenvalue weighted by Gasteiger charge is -2.11. The van der Waals surface area contributed by atoms with Gasteiger partial charge in [0.2, 0.25) is 0 Å². The summed E-state index contributed by atoms with van der Waals surface area (Å²) in [7, 11) is 1.60. The molecule has 0 aliphatic heterocycles. The van der Waals surface area contributed by atoms with Gasteiger partial charge >= 0.3 is 0 Å².